The molecule has 19 heavy (non-hydrogen) atoms. The van der Waals surface area contributed by atoms with E-state index in [9.17, 15) is 0 Å². The molecule has 1 N–H and O–H groups in total. The van der Waals surface area contributed by atoms with Crippen LogP contribution in [-0.2, 0) is 13.5 Å². The molecule has 1 aliphatic rings. The van der Waals surface area contributed by atoms with Gasteiger partial charge in [0.25, 0.3) is 0 Å². The number of nitrogens with one attached hydrogen (secondary N) is 1. The van der Waals surface area contributed by atoms with Crippen molar-refractivity contribution in [3.05, 3.63) is 30.0 Å². The Labute approximate surface area is 115 Å². The van der Waals surface area contributed by atoms with E-state index >= 15 is 0 Å². The SMILES string of the molecule is Cn1nc(CC(C)(C)CNC2CC2)c2ccccc21. The second kappa shape index (κ2) is 4.64. The highest BCUT2D eigenvalue weighted by Gasteiger charge is 2.26. The molecule has 102 valence electrons. The third-order valence-corrected chi connectivity index (χ3v) is 3.93. The number of hydrogen-bond donors (Lipinski definition) is 1. The van der Waals surface area contributed by atoms with Crippen molar-refractivity contribution in [2.75, 3.05) is 6.54 Å². The van der Waals surface area contributed by atoms with Crippen molar-refractivity contribution in [3.8, 4) is 0 Å². The van der Waals surface area contributed by atoms with Gasteiger partial charge >= 0.3 is 0 Å². The van der Waals surface area contributed by atoms with Crippen LogP contribution in [0.25, 0.3) is 10.9 Å². The number of nitrogens with zero attached hydrogens (tertiary/aromatic N) is 2. The Morgan fingerprint density at radius 3 is 2.79 bits per heavy atom. The van der Waals surface area contributed by atoms with Crippen LogP contribution in [0.1, 0.15) is 32.4 Å². The van der Waals surface area contributed by atoms with Gasteiger partial charge in [0, 0.05) is 25.0 Å². The first-order valence-electron chi connectivity index (χ1n) is 7.19. The zero-order valence-corrected chi connectivity index (χ0v) is 12.1. The van der Waals surface area contributed by atoms with Crippen LogP contribution in [0.5, 0.6) is 0 Å². The van der Waals surface area contributed by atoms with Gasteiger partial charge in [0.05, 0.1) is 11.2 Å². The minimum atomic E-state index is 0.250. The Bertz CT molecular complexity index is 579. The molecule has 1 fully saturated rings. The average Bonchev–Trinajstić information content (AvgIpc) is 3.15. The summed E-state index contributed by atoms with van der Waals surface area (Å²) in [5.74, 6) is 0. The van der Waals surface area contributed by atoms with E-state index in [1.165, 1.54) is 29.4 Å². The molecule has 3 rings (SSSR count). The van der Waals surface area contributed by atoms with E-state index in [1.807, 2.05) is 11.7 Å². The first-order valence-corrected chi connectivity index (χ1v) is 7.19. The maximum atomic E-state index is 4.71. The van der Waals surface area contributed by atoms with Crippen LogP contribution in [0.4, 0.5) is 0 Å². The third kappa shape index (κ3) is 2.81. The van der Waals surface area contributed by atoms with Gasteiger partial charge in [-0.1, -0.05) is 32.0 Å². The molecule has 2 aromatic rings. The van der Waals surface area contributed by atoms with Gasteiger partial charge in [-0.25, -0.2) is 0 Å². The molecule has 0 aliphatic heterocycles. The monoisotopic (exact) mass is 257 g/mol. The van der Waals surface area contributed by atoms with Crippen LogP contribution in [0.2, 0.25) is 0 Å². The fourth-order valence-electron chi connectivity index (χ4n) is 2.64. The van der Waals surface area contributed by atoms with Gasteiger partial charge in [-0.2, -0.15) is 5.10 Å². The second-order valence-corrected chi connectivity index (χ2v) is 6.58. The number of fused-ring (bicyclic) bond motifs is 1. The molecular formula is C16H23N3. The Morgan fingerprint density at radius 1 is 1.32 bits per heavy atom. The largest absolute Gasteiger partial charge is 0.313 e. The smallest absolute Gasteiger partial charge is 0.0709 e. The van der Waals surface area contributed by atoms with E-state index in [0.717, 1.165) is 19.0 Å². The minimum absolute atomic E-state index is 0.250. The van der Waals surface area contributed by atoms with E-state index < -0.39 is 0 Å². The molecule has 3 heteroatoms. The molecule has 0 spiro atoms. The highest BCUT2D eigenvalue weighted by Crippen LogP contribution is 2.27. The van der Waals surface area contributed by atoms with Crippen molar-refractivity contribution in [1.82, 2.24) is 15.1 Å². The summed E-state index contributed by atoms with van der Waals surface area (Å²) in [4.78, 5) is 0. The van der Waals surface area contributed by atoms with Gasteiger partial charge in [0.1, 0.15) is 0 Å². The lowest BCUT2D eigenvalue weighted by Gasteiger charge is -2.24. The summed E-state index contributed by atoms with van der Waals surface area (Å²) in [5.41, 5.74) is 2.70. The van der Waals surface area contributed by atoms with Crippen molar-refractivity contribution in [1.29, 1.82) is 0 Å². The molecule has 1 heterocycles. The Balaban J connectivity index is 1.79. The molecule has 1 aromatic heterocycles. The molecular weight excluding hydrogens is 234 g/mol. The quantitative estimate of drug-likeness (QED) is 0.892. The number of para-hydroxylation sites is 1. The summed E-state index contributed by atoms with van der Waals surface area (Å²) >= 11 is 0. The molecule has 1 aliphatic carbocycles. The van der Waals surface area contributed by atoms with Gasteiger partial charge in [0.15, 0.2) is 0 Å². The van der Waals surface area contributed by atoms with Gasteiger partial charge in [-0.3, -0.25) is 4.68 Å². The van der Waals surface area contributed by atoms with E-state index in [2.05, 4.69) is 43.4 Å². The lowest BCUT2D eigenvalue weighted by Crippen LogP contribution is -2.32. The van der Waals surface area contributed by atoms with E-state index in [-0.39, 0.29) is 5.41 Å². The summed E-state index contributed by atoms with van der Waals surface area (Å²) in [6, 6.07) is 9.28. The standard InChI is InChI=1S/C16H23N3/c1-16(2,11-17-12-8-9-12)10-14-13-6-4-5-7-15(13)19(3)18-14/h4-7,12,17H,8-11H2,1-3H3. The van der Waals surface area contributed by atoms with Crippen molar-refractivity contribution in [2.45, 2.75) is 39.2 Å². The lowest BCUT2D eigenvalue weighted by molar-refractivity contribution is 0.333. The Morgan fingerprint density at radius 2 is 2.05 bits per heavy atom. The molecule has 1 saturated carbocycles. The highest BCUT2D eigenvalue weighted by atomic mass is 15.3. The molecule has 0 bridgehead atoms. The fraction of sp³-hybridized carbons (Fsp3) is 0.562. The zero-order valence-electron chi connectivity index (χ0n) is 12.1. The molecule has 3 nitrogen and oxygen atoms in total. The summed E-state index contributed by atoms with van der Waals surface area (Å²) < 4.78 is 2.00. The molecule has 0 amide bonds. The maximum absolute atomic E-state index is 4.71. The maximum Gasteiger partial charge on any atom is 0.0709 e. The number of hydrogen-bond acceptors (Lipinski definition) is 2. The van der Waals surface area contributed by atoms with Crippen LogP contribution >= 0.6 is 0 Å². The number of aryl methyl sites for hydroxylation is 1. The molecule has 0 radical (unpaired) electrons. The van der Waals surface area contributed by atoms with Crippen LogP contribution in [-0.4, -0.2) is 22.4 Å². The molecule has 0 unspecified atom stereocenters. The van der Waals surface area contributed by atoms with Gasteiger partial charge < -0.3 is 5.32 Å². The summed E-state index contributed by atoms with van der Waals surface area (Å²) in [6.45, 7) is 5.72. The predicted octanol–water partition coefficient (Wildman–Crippen LogP) is 2.89. The number of rotatable bonds is 5. The van der Waals surface area contributed by atoms with Crippen LogP contribution < -0.4 is 5.32 Å². The molecule has 0 atom stereocenters. The minimum Gasteiger partial charge on any atom is -0.313 e. The zero-order chi connectivity index (χ0) is 13.5. The predicted molar refractivity (Wildman–Crippen MR) is 79.2 cm³/mol. The Hall–Kier alpha value is -1.35. The number of benzene rings is 1. The van der Waals surface area contributed by atoms with E-state index in [4.69, 9.17) is 5.10 Å². The van der Waals surface area contributed by atoms with Crippen molar-refractivity contribution in [2.24, 2.45) is 12.5 Å². The third-order valence-electron chi connectivity index (χ3n) is 3.93. The average molecular weight is 257 g/mol. The van der Waals surface area contributed by atoms with E-state index in [0.29, 0.717) is 0 Å². The highest BCUT2D eigenvalue weighted by molar-refractivity contribution is 5.81. The normalized spacial score (nSPS) is 16.2. The topological polar surface area (TPSA) is 29.9 Å². The molecule has 1 aromatic carbocycles. The Kier molecular flexibility index (Phi) is 3.09. The van der Waals surface area contributed by atoms with Crippen LogP contribution in [0.3, 0.4) is 0 Å². The lowest BCUT2D eigenvalue weighted by atomic mass is 9.87. The van der Waals surface area contributed by atoms with E-state index in [1.54, 1.807) is 0 Å². The van der Waals surface area contributed by atoms with Gasteiger partial charge in [0.2, 0.25) is 0 Å². The summed E-state index contributed by atoms with van der Waals surface area (Å²) in [5, 5.41) is 9.64. The second-order valence-electron chi connectivity index (χ2n) is 6.58. The summed E-state index contributed by atoms with van der Waals surface area (Å²) in [6.07, 6.45) is 3.72. The van der Waals surface area contributed by atoms with Crippen LogP contribution in [0, 0.1) is 5.41 Å². The van der Waals surface area contributed by atoms with Crippen molar-refractivity contribution in [3.63, 3.8) is 0 Å². The van der Waals surface area contributed by atoms with Gasteiger partial charge in [-0.05, 0) is 30.7 Å². The van der Waals surface area contributed by atoms with Crippen molar-refractivity contribution >= 4 is 10.9 Å². The van der Waals surface area contributed by atoms with Crippen LogP contribution in [0.15, 0.2) is 24.3 Å². The number of aromatic nitrogens is 2. The summed E-state index contributed by atoms with van der Waals surface area (Å²) in [7, 11) is 2.03. The van der Waals surface area contributed by atoms with Gasteiger partial charge in [-0.15, -0.1) is 0 Å². The molecule has 0 saturated heterocycles. The first kappa shape index (κ1) is 12.7. The van der Waals surface area contributed by atoms with Crippen molar-refractivity contribution < 1.29 is 0 Å². The first-order chi connectivity index (χ1) is 9.05. The fourth-order valence-corrected chi connectivity index (χ4v) is 2.64.